The highest BCUT2D eigenvalue weighted by atomic mass is 16.2. The van der Waals surface area contributed by atoms with Crippen molar-refractivity contribution in [2.45, 2.75) is 32.4 Å². The topological polar surface area (TPSA) is 77.0 Å². The summed E-state index contributed by atoms with van der Waals surface area (Å²) in [6.07, 6.45) is 4.61. The number of aromatic nitrogens is 3. The van der Waals surface area contributed by atoms with E-state index in [1.54, 1.807) is 11.0 Å². The van der Waals surface area contributed by atoms with Crippen LogP contribution in [-0.2, 0) is 11.3 Å². The van der Waals surface area contributed by atoms with Crippen LogP contribution >= 0.6 is 0 Å². The zero-order chi connectivity index (χ0) is 12.3. The third kappa shape index (κ3) is 3.03. The Morgan fingerprint density at radius 3 is 3.06 bits per heavy atom. The average Bonchev–Trinajstić information content (AvgIpc) is 2.96. The molecule has 0 aliphatic carbocycles. The molecule has 0 spiro atoms. The maximum atomic E-state index is 11.9. The highest BCUT2D eigenvalue weighted by molar-refractivity contribution is 5.76. The molecule has 2 unspecified atom stereocenters. The summed E-state index contributed by atoms with van der Waals surface area (Å²) in [6, 6.07) is 0.170. The molecule has 2 heterocycles. The fourth-order valence-corrected chi connectivity index (χ4v) is 2.16. The summed E-state index contributed by atoms with van der Waals surface area (Å²) in [6.45, 7) is 4.24. The lowest BCUT2D eigenvalue weighted by Crippen LogP contribution is -2.33. The van der Waals surface area contributed by atoms with Gasteiger partial charge in [0.2, 0.25) is 5.91 Å². The number of amides is 1. The van der Waals surface area contributed by atoms with Gasteiger partial charge in [-0.1, -0.05) is 0 Å². The zero-order valence-electron chi connectivity index (χ0n) is 10.1. The number of likely N-dealkylation sites (tertiary alicyclic amines) is 1. The van der Waals surface area contributed by atoms with Crippen LogP contribution in [0.3, 0.4) is 0 Å². The molecule has 1 aromatic heterocycles. The number of hydrogen-bond donors (Lipinski definition) is 1. The first kappa shape index (κ1) is 12.0. The Kier molecular flexibility index (Phi) is 3.73. The summed E-state index contributed by atoms with van der Waals surface area (Å²) < 4.78 is 1.68. The van der Waals surface area contributed by atoms with Gasteiger partial charge < -0.3 is 10.6 Å². The van der Waals surface area contributed by atoms with Gasteiger partial charge in [0.1, 0.15) is 12.7 Å². The van der Waals surface area contributed by atoms with Gasteiger partial charge in [0.05, 0.1) is 6.54 Å². The van der Waals surface area contributed by atoms with Crippen molar-refractivity contribution in [3.8, 4) is 0 Å². The molecule has 1 amide bonds. The van der Waals surface area contributed by atoms with E-state index in [0.717, 1.165) is 19.5 Å². The average molecular weight is 237 g/mol. The van der Waals surface area contributed by atoms with Crippen molar-refractivity contribution < 1.29 is 4.79 Å². The van der Waals surface area contributed by atoms with Crippen molar-refractivity contribution in [3.05, 3.63) is 12.7 Å². The van der Waals surface area contributed by atoms with Crippen LogP contribution in [0.5, 0.6) is 0 Å². The van der Waals surface area contributed by atoms with E-state index in [2.05, 4.69) is 10.1 Å². The molecule has 94 valence electrons. The van der Waals surface area contributed by atoms with Crippen molar-refractivity contribution >= 4 is 5.91 Å². The normalized spacial score (nSPS) is 21.8. The van der Waals surface area contributed by atoms with Gasteiger partial charge in [-0.25, -0.2) is 4.98 Å². The van der Waals surface area contributed by atoms with Crippen LogP contribution in [-0.4, -0.2) is 44.7 Å². The van der Waals surface area contributed by atoms with E-state index in [4.69, 9.17) is 5.73 Å². The van der Waals surface area contributed by atoms with Crippen LogP contribution in [0.4, 0.5) is 0 Å². The van der Waals surface area contributed by atoms with Gasteiger partial charge in [-0.05, 0) is 19.3 Å². The first-order valence-corrected chi connectivity index (χ1v) is 6.02. The van der Waals surface area contributed by atoms with E-state index < -0.39 is 0 Å². The fraction of sp³-hybridized carbons (Fsp3) is 0.727. The molecule has 6 heteroatoms. The second kappa shape index (κ2) is 5.27. The van der Waals surface area contributed by atoms with Crippen molar-refractivity contribution in [1.82, 2.24) is 19.7 Å². The predicted molar refractivity (Wildman–Crippen MR) is 63.0 cm³/mol. The van der Waals surface area contributed by atoms with Crippen LogP contribution in [0.15, 0.2) is 12.7 Å². The minimum atomic E-state index is 0.170. The SMILES string of the molecule is CC(N)C1CCN(C(=O)CCn2cncn2)C1. The Hall–Kier alpha value is -1.43. The Labute approximate surface area is 101 Å². The van der Waals surface area contributed by atoms with Crippen LogP contribution in [0.1, 0.15) is 19.8 Å². The van der Waals surface area contributed by atoms with Crippen LogP contribution in [0, 0.1) is 5.92 Å². The Morgan fingerprint density at radius 2 is 2.47 bits per heavy atom. The van der Waals surface area contributed by atoms with E-state index in [9.17, 15) is 4.79 Å². The molecule has 1 fully saturated rings. The Bertz CT molecular complexity index is 362. The molecule has 2 N–H and O–H groups in total. The van der Waals surface area contributed by atoms with Gasteiger partial charge in [0.15, 0.2) is 0 Å². The smallest absolute Gasteiger partial charge is 0.224 e. The van der Waals surface area contributed by atoms with Gasteiger partial charge in [-0.2, -0.15) is 5.10 Å². The van der Waals surface area contributed by atoms with Gasteiger partial charge in [0.25, 0.3) is 0 Å². The van der Waals surface area contributed by atoms with Gasteiger partial charge in [-0.3, -0.25) is 9.48 Å². The standard InChI is InChI=1S/C11H19N5O/c1-9(12)10-2-4-15(6-10)11(17)3-5-16-8-13-7-14-16/h7-10H,2-6,12H2,1H3. The van der Waals surface area contributed by atoms with Crippen molar-refractivity contribution in [3.63, 3.8) is 0 Å². The minimum Gasteiger partial charge on any atom is -0.342 e. The highest BCUT2D eigenvalue weighted by Crippen LogP contribution is 2.19. The van der Waals surface area contributed by atoms with Gasteiger partial charge >= 0.3 is 0 Å². The summed E-state index contributed by atoms with van der Waals surface area (Å²) in [5, 5.41) is 3.97. The molecule has 0 aromatic carbocycles. The number of carbonyl (C=O) groups is 1. The number of aryl methyl sites for hydroxylation is 1. The van der Waals surface area contributed by atoms with Gasteiger partial charge in [-0.15, -0.1) is 0 Å². The monoisotopic (exact) mass is 237 g/mol. The minimum absolute atomic E-state index is 0.170. The van der Waals surface area contributed by atoms with Crippen LogP contribution in [0.25, 0.3) is 0 Å². The second-order valence-corrected chi connectivity index (χ2v) is 4.66. The molecule has 1 aliphatic rings. The van der Waals surface area contributed by atoms with Crippen LogP contribution in [0.2, 0.25) is 0 Å². The highest BCUT2D eigenvalue weighted by Gasteiger charge is 2.27. The van der Waals surface area contributed by atoms with E-state index >= 15 is 0 Å². The Balaban J connectivity index is 1.77. The molecule has 2 atom stereocenters. The third-order valence-corrected chi connectivity index (χ3v) is 3.34. The summed E-state index contributed by atoms with van der Waals surface area (Å²) in [7, 11) is 0. The first-order chi connectivity index (χ1) is 8.16. The van der Waals surface area contributed by atoms with Crippen molar-refractivity contribution in [1.29, 1.82) is 0 Å². The second-order valence-electron chi connectivity index (χ2n) is 4.66. The number of hydrogen-bond acceptors (Lipinski definition) is 4. The molecule has 1 aliphatic heterocycles. The lowest BCUT2D eigenvalue weighted by molar-refractivity contribution is -0.130. The van der Waals surface area contributed by atoms with Gasteiger partial charge in [0, 0.05) is 25.6 Å². The van der Waals surface area contributed by atoms with E-state index in [0.29, 0.717) is 18.9 Å². The van der Waals surface area contributed by atoms with Crippen molar-refractivity contribution in [2.75, 3.05) is 13.1 Å². The van der Waals surface area contributed by atoms with Crippen molar-refractivity contribution in [2.24, 2.45) is 11.7 Å². The molecular formula is C11H19N5O. The molecule has 6 nitrogen and oxygen atoms in total. The van der Waals surface area contributed by atoms with Crippen LogP contribution < -0.4 is 5.73 Å². The lowest BCUT2D eigenvalue weighted by atomic mass is 10.0. The maximum Gasteiger partial charge on any atom is 0.224 e. The number of nitrogens with zero attached hydrogens (tertiary/aromatic N) is 4. The summed E-state index contributed by atoms with van der Waals surface area (Å²) >= 11 is 0. The number of rotatable bonds is 4. The zero-order valence-corrected chi connectivity index (χ0v) is 10.1. The molecule has 0 bridgehead atoms. The first-order valence-electron chi connectivity index (χ1n) is 6.02. The number of carbonyl (C=O) groups excluding carboxylic acids is 1. The molecule has 17 heavy (non-hydrogen) atoms. The number of nitrogens with two attached hydrogens (primary N) is 1. The molecular weight excluding hydrogens is 218 g/mol. The van der Waals surface area contributed by atoms with E-state index in [1.165, 1.54) is 6.33 Å². The molecule has 1 saturated heterocycles. The maximum absolute atomic E-state index is 11.9. The summed E-state index contributed by atoms with van der Waals surface area (Å²) in [4.78, 5) is 17.7. The molecule has 1 aromatic rings. The summed E-state index contributed by atoms with van der Waals surface area (Å²) in [5.41, 5.74) is 5.85. The van der Waals surface area contributed by atoms with E-state index in [-0.39, 0.29) is 11.9 Å². The predicted octanol–water partition coefficient (Wildman–Crippen LogP) is -0.136. The molecule has 0 saturated carbocycles. The Morgan fingerprint density at radius 1 is 1.65 bits per heavy atom. The van der Waals surface area contributed by atoms with E-state index in [1.807, 2.05) is 11.8 Å². The lowest BCUT2D eigenvalue weighted by Gasteiger charge is -2.18. The quantitative estimate of drug-likeness (QED) is 0.791. The largest absolute Gasteiger partial charge is 0.342 e. The fourth-order valence-electron chi connectivity index (χ4n) is 2.16. The summed E-state index contributed by atoms with van der Waals surface area (Å²) in [5.74, 6) is 0.633. The molecule has 0 radical (unpaired) electrons. The third-order valence-electron chi connectivity index (χ3n) is 3.34. The molecule has 2 rings (SSSR count).